The summed E-state index contributed by atoms with van der Waals surface area (Å²) in [6, 6.07) is 4.16. The van der Waals surface area contributed by atoms with Gasteiger partial charge in [0.25, 0.3) is 5.91 Å². The number of fused-ring (bicyclic) bond motifs is 2. The van der Waals surface area contributed by atoms with Crippen LogP contribution in [0.2, 0.25) is 0 Å². The Balaban J connectivity index is 1.56. The molecule has 9 heteroatoms. The van der Waals surface area contributed by atoms with E-state index in [-0.39, 0.29) is 23.4 Å². The van der Waals surface area contributed by atoms with Crippen LogP contribution < -0.4 is 27.0 Å². The first-order valence-corrected chi connectivity index (χ1v) is 12.7. The summed E-state index contributed by atoms with van der Waals surface area (Å²) in [7, 11) is 0. The summed E-state index contributed by atoms with van der Waals surface area (Å²) in [4.78, 5) is 36.6. The molecule has 5 rings (SSSR count). The van der Waals surface area contributed by atoms with Crippen molar-refractivity contribution >= 4 is 35.0 Å². The third kappa shape index (κ3) is 4.22. The van der Waals surface area contributed by atoms with Gasteiger partial charge in [-0.2, -0.15) is 4.98 Å². The quantitative estimate of drug-likeness (QED) is 0.516. The van der Waals surface area contributed by atoms with Crippen LogP contribution >= 0.6 is 0 Å². The highest BCUT2D eigenvalue weighted by atomic mass is 16.2. The van der Waals surface area contributed by atoms with Crippen molar-refractivity contribution in [1.82, 2.24) is 9.97 Å². The molecule has 0 radical (unpaired) electrons. The lowest BCUT2D eigenvalue weighted by atomic mass is 9.69. The van der Waals surface area contributed by atoms with E-state index in [1.165, 1.54) is 6.20 Å². The van der Waals surface area contributed by atoms with Crippen LogP contribution in [0.1, 0.15) is 86.2 Å². The minimum Gasteiger partial charge on any atom is -0.365 e. The summed E-state index contributed by atoms with van der Waals surface area (Å²) in [5.74, 6) is 0.607. The Bertz CT molecular complexity index is 1160. The first kappa shape index (κ1) is 23.5. The number of aromatic nitrogens is 2. The number of hydrogen-bond donors (Lipinski definition) is 4. The van der Waals surface area contributed by atoms with Crippen molar-refractivity contribution in [3.63, 3.8) is 0 Å². The van der Waals surface area contributed by atoms with Crippen molar-refractivity contribution in [3.05, 3.63) is 35.0 Å². The fourth-order valence-corrected chi connectivity index (χ4v) is 5.85. The summed E-state index contributed by atoms with van der Waals surface area (Å²) in [6.07, 6.45) is 8.38. The normalized spacial score (nSPS) is 21.2. The van der Waals surface area contributed by atoms with Crippen molar-refractivity contribution in [1.29, 1.82) is 0 Å². The second-order valence-electron chi connectivity index (χ2n) is 10.5. The van der Waals surface area contributed by atoms with Gasteiger partial charge in [-0.25, -0.2) is 4.98 Å². The van der Waals surface area contributed by atoms with Crippen LogP contribution in [0, 0.1) is 0 Å². The molecule has 2 amide bonds. The Morgan fingerprint density at radius 1 is 1.23 bits per heavy atom. The van der Waals surface area contributed by atoms with Crippen molar-refractivity contribution in [2.24, 2.45) is 11.5 Å². The van der Waals surface area contributed by atoms with E-state index in [2.05, 4.69) is 29.5 Å². The van der Waals surface area contributed by atoms with Gasteiger partial charge in [-0.05, 0) is 54.9 Å². The number of hydrogen-bond acceptors (Lipinski definition) is 7. The Morgan fingerprint density at radius 2 is 2.00 bits per heavy atom. The Labute approximate surface area is 206 Å². The molecule has 1 aromatic heterocycles. The second kappa shape index (κ2) is 9.11. The molecule has 2 aromatic rings. The third-order valence-corrected chi connectivity index (χ3v) is 7.73. The number of benzene rings is 1. The number of primary amides is 1. The Morgan fingerprint density at radius 3 is 2.69 bits per heavy atom. The lowest BCUT2D eigenvalue weighted by Gasteiger charge is -2.32. The molecule has 0 bridgehead atoms. The predicted molar refractivity (Wildman–Crippen MR) is 137 cm³/mol. The molecule has 3 heterocycles. The van der Waals surface area contributed by atoms with Crippen molar-refractivity contribution in [3.8, 4) is 0 Å². The number of rotatable bonds is 5. The fourth-order valence-electron chi connectivity index (χ4n) is 5.85. The number of anilines is 4. The molecule has 3 aliphatic rings. The van der Waals surface area contributed by atoms with E-state index < -0.39 is 11.3 Å². The summed E-state index contributed by atoms with van der Waals surface area (Å²) < 4.78 is 0. The monoisotopic (exact) mass is 477 g/mol. The SMILES string of the molecule is CC(C)c1cc(Nc2nc(N3CCC[C@H](N)C3)ncc2C(N)=O)cc2c1NC(=O)C21CCCCC1. The molecule has 1 saturated heterocycles. The van der Waals surface area contributed by atoms with Gasteiger partial charge in [-0.15, -0.1) is 0 Å². The van der Waals surface area contributed by atoms with Gasteiger partial charge in [-0.3, -0.25) is 9.59 Å². The molecule has 1 saturated carbocycles. The molecular weight excluding hydrogens is 442 g/mol. The summed E-state index contributed by atoms with van der Waals surface area (Å²) in [6.45, 7) is 5.72. The Hall–Kier alpha value is -3.20. The summed E-state index contributed by atoms with van der Waals surface area (Å²) >= 11 is 0. The van der Waals surface area contributed by atoms with Crippen molar-refractivity contribution in [2.75, 3.05) is 28.6 Å². The maximum atomic E-state index is 13.2. The molecule has 1 aliphatic carbocycles. The first-order valence-electron chi connectivity index (χ1n) is 12.7. The molecule has 1 aromatic carbocycles. The highest BCUT2D eigenvalue weighted by Gasteiger charge is 2.48. The smallest absolute Gasteiger partial charge is 0.254 e. The number of piperidine rings is 1. The zero-order chi connectivity index (χ0) is 24.7. The number of nitrogens with two attached hydrogens (primary N) is 2. The van der Waals surface area contributed by atoms with Gasteiger partial charge in [0.05, 0.1) is 5.41 Å². The number of carbonyl (C=O) groups excluding carboxylic acids is 2. The average molecular weight is 478 g/mol. The zero-order valence-corrected chi connectivity index (χ0v) is 20.6. The lowest BCUT2D eigenvalue weighted by Crippen LogP contribution is -2.43. The molecule has 0 unspecified atom stereocenters. The number of nitrogens with zero attached hydrogens (tertiary/aromatic N) is 3. The van der Waals surface area contributed by atoms with Crippen LogP contribution in [-0.2, 0) is 10.2 Å². The summed E-state index contributed by atoms with van der Waals surface area (Å²) in [5, 5.41) is 6.56. The topological polar surface area (TPSA) is 139 Å². The minimum atomic E-state index is -0.597. The number of nitrogens with one attached hydrogen (secondary N) is 2. The van der Waals surface area contributed by atoms with Gasteiger partial charge < -0.3 is 27.0 Å². The van der Waals surface area contributed by atoms with Gasteiger partial charge >= 0.3 is 0 Å². The van der Waals surface area contributed by atoms with Crippen LogP contribution in [0.3, 0.4) is 0 Å². The largest absolute Gasteiger partial charge is 0.365 e. The molecule has 9 nitrogen and oxygen atoms in total. The van der Waals surface area contributed by atoms with E-state index >= 15 is 0 Å². The van der Waals surface area contributed by atoms with Gasteiger partial charge in [0.15, 0.2) is 0 Å². The van der Waals surface area contributed by atoms with Crippen LogP contribution in [0.5, 0.6) is 0 Å². The van der Waals surface area contributed by atoms with Crippen molar-refractivity contribution in [2.45, 2.75) is 76.2 Å². The Kier molecular flexibility index (Phi) is 6.13. The molecule has 35 heavy (non-hydrogen) atoms. The second-order valence-corrected chi connectivity index (χ2v) is 10.5. The minimum absolute atomic E-state index is 0.0709. The van der Waals surface area contributed by atoms with E-state index in [9.17, 15) is 9.59 Å². The van der Waals surface area contributed by atoms with Crippen LogP contribution in [0.4, 0.5) is 23.1 Å². The van der Waals surface area contributed by atoms with Gasteiger partial charge in [0.1, 0.15) is 11.4 Å². The standard InChI is InChI=1S/C26H35N7O2/c1-15(2)18-11-17(12-20-21(18)31-24(35)26(20)8-4-3-5-9-26)30-23-19(22(28)34)13-29-25(32-23)33-10-6-7-16(27)14-33/h11-13,15-16H,3-10,14,27H2,1-2H3,(H2,28,34)(H,31,35)(H,29,30,32)/t16-/m0/s1. The van der Waals surface area contributed by atoms with Crippen LogP contribution in [0.15, 0.2) is 18.3 Å². The summed E-state index contributed by atoms with van der Waals surface area (Å²) in [5.41, 5.74) is 15.4. The van der Waals surface area contributed by atoms with Crippen LogP contribution in [0.25, 0.3) is 0 Å². The number of amides is 2. The molecular formula is C26H35N7O2. The first-order chi connectivity index (χ1) is 16.8. The van der Waals surface area contributed by atoms with E-state index in [4.69, 9.17) is 16.5 Å². The van der Waals surface area contributed by atoms with E-state index in [1.54, 1.807) is 0 Å². The van der Waals surface area contributed by atoms with Gasteiger partial charge in [0.2, 0.25) is 11.9 Å². The van der Waals surface area contributed by atoms with E-state index in [1.807, 2.05) is 17.0 Å². The average Bonchev–Trinajstić information content (AvgIpc) is 3.09. The zero-order valence-electron chi connectivity index (χ0n) is 20.6. The predicted octanol–water partition coefficient (Wildman–Crippen LogP) is 3.52. The highest BCUT2D eigenvalue weighted by Crippen LogP contribution is 2.50. The maximum Gasteiger partial charge on any atom is 0.254 e. The van der Waals surface area contributed by atoms with Crippen LogP contribution in [-0.4, -0.2) is 40.9 Å². The molecule has 2 aliphatic heterocycles. The molecule has 6 N–H and O–H groups in total. The van der Waals surface area contributed by atoms with Gasteiger partial charge in [0, 0.05) is 36.7 Å². The molecule has 2 fully saturated rings. The fraction of sp³-hybridized carbons (Fsp3) is 0.538. The molecule has 1 spiro atoms. The maximum absolute atomic E-state index is 13.2. The lowest BCUT2D eigenvalue weighted by molar-refractivity contribution is -0.121. The van der Waals surface area contributed by atoms with E-state index in [0.717, 1.165) is 74.0 Å². The molecule has 186 valence electrons. The van der Waals surface area contributed by atoms with E-state index in [0.29, 0.717) is 18.3 Å². The third-order valence-electron chi connectivity index (χ3n) is 7.73. The number of carbonyl (C=O) groups is 2. The van der Waals surface area contributed by atoms with Gasteiger partial charge in [-0.1, -0.05) is 33.1 Å². The molecule has 1 atom stereocenters. The van der Waals surface area contributed by atoms with Crippen molar-refractivity contribution < 1.29 is 9.59 Å². The highest BCUT2D eigenvalue weighted by molar-refractivity contribution is 6.08.